The number of aromatic nitrogens is 2. The van der Waals surface area contributed by atoms with Gasteiger partial charge in [0.15, 0.2) is 5.82 Å². The Hall–Kier alpha value is -1.24. The summed E-state index contributed by atoms with van der Waals surface area (Å²) in [5.74, 6) is 1.38. The molecule has 2 aromatic heterocycles. The van der Waals surface area contributed by atoms with Gasteiger partial charge >= 0.3 is 0 Å². The lowest BCUT2D eigenvalue weighted by molar-refractivity contribution is 0.199. The zero-order valence-electron chi connectivity index (χ0n) is 10.1. The number of likely N-dealkylation sites (tertiary alicyclic amines) is 1. The van der Waals surface area contributed by atoms with Gasteiger partial charge in [-0.3, -0.25) is 4.90 Å². The predicted molar refractivity (Wildman–Crippen MR) is 70.1 cm³/mol. The molecule has 0 aromatic carbocycles. The van der Waals surface area contributed by atoms with Crippen molar-refractivity contribution < 1.29 is 4.52 Å². The molecular weight excluding hydrogens is 248 g/mol. The van der Waals surface area contributed by atoms with Crippen LogP contribution in [0.3, 0.4) is 0 Å². The van der Waals surface area contributed by atoms with Crippen LogP contribution in [0.25, 0.3) is 10.8 Å². The van der Waals surface area contributed by atoms with Crippen molar-refractivity contribution in [2.75, 3.05) is 13.1 Å². The maximum atomic E-state index is 5.88. The average Bonchev–Trinajstić information content (AvgIpc) is 3.02. The number of nitrogens with zero attached hydrogens (tertiary/aromatic N) is 3. The molecule has 1 aliphatic rings. The Morgan fingerprint density at radius 3 is 3.00 bits per heavy atom. The first-order valence-electron chi connectivity index (χ1n) is 6.15. The molecule has 96 valence electrons. The lowest BCUT2D eigenvalue weighted by atomic mass is 10.1. The van der Waals surface area contributed by atoms with Crippen molar-refractivity contribution in [3.05, 3.63) is 23.3 Å². The fraction of sp³-hybridized carbons (Fsp3) is 0.500. The molecule has 3 rings (SSSR count). The van der Waals surface area contributed by atoms with Crippen LogP contribution in [-0.4, -0.2) is 34.2 Å². The third-order valence-corrected chi connectivity index (χ3v) is 4.06. The highest BCUT2D eigenvalue weighted by molar-refractivity contribution is 7.13. The second-order valence-electron chi connectivity index (χ2n) is 4.61. The molecule has 18 heavy (non-hydrogen) atoms. The van der Waals surface area contributed by atoms with Gasteiger partial charge in [-0.25, -0.2) is 0 Å². The molecule has 0 amide bonds. The van der Waals surface area contributed by atoms with E-state index in [9.17, 15) is 0 Å². The fourth-order valence-electron chi connectivity index (χ4n) is 2.13. The summed E-state index contributed by atoms with van der Waals surface area (Å²) in [6.07, 6.45) is 2.10. The summed E-state index contributed by atoms with van der Waals surface area (Å²) in [5, 5.41) is 6.04. The molecule has 6 heteroatoms. The number of piperidine rings is 1. The highest BCUT2D eigenvalue weighted by Gasteiger charge is 2.18. The molecule has 0 saturated carbocycles. The van der Waals surface area contributed by atoms with E-state index in [0.29, 0.717) is 11.9 Å². The van der Waals surface area contributed by atoms with Crippen molar-refractivity contribution in [1.82, 2.24) is 15.0 Å². The number of thiophene rings is 1. The van der Waals surface area contributed by atoms with E-state index in [1.165, 1.54) is 0 Å². The van der Waals surface area contributed by atoms with Crippen LogP contribution >= 0.6 is 11.3 Å². The molecular formula is C12H16N4OS. The van der Waals surface area contributed by atoms with Crippen molar-refractivity contribution in [2.24, 2.45) is 5.73 Å². The van der Waals surface area contributed by atoms with Gasteiger partial charge in [0.2, 0.25) is 0 Å². The molecule has 0 bridgehead atoms. The second kappa shape index (κ2) is 5.17. The Bertz CT molecular complexity index is 488. The van der Waals surface area contributed by atoms with Crippen LogP contribution in [0.2, 0.25) is 0 Å². The van der Waals surface area contributed by atoms with Gasteiger partial charge in [-0.1, -0.05) is 11.2 Å². The van der Waals surface area contributed by atoms with E-state index in [1.54, 1.807) is 11.3 Å². The Morgan fingerprint density at radius 2 is 2.28 bits per heavy atom. The summed E-state index contributed by atoms with van der Waals surface area (Å²) in [6, 6.07) is 4.32. The second-order valence-corrected chi connectivity index (χ2v) is 5.55. The van der Waals surface area contributed by atoms with Crippen LogP contribution in [0.5, 0.6) is 0 Å². The van der Waals surface area contributed by atoms with E-state index < -0.39 is 0 Å². The normalized spacial score (nSPS) is 18.3. The molecule has 0 atom stereocenters. The van der Waals surface area contributed by atoms with E-state index in [1.807, 2.05) is 17.5 Å². The van der Waals surface area contributed by atoms with E-state index in [-0.39, 0.29) is 0 Å². The Morgan fingerprint density at radius 1 is 1.44 bits per heavy atom. The summed E-state index contributed by atoms with van der Waals surface area (Å²) >= 11 is 1.61. The summed E-state index contributed by atoms with van der Waals surface area (Å²) in [6.45, 7) is 2.79. The van der Waals surface area contributed by atoms with Gasteiger partial charge in [0.1, 0.15) is 0 Å². The lowest BCUT2D eigenvalue weighted by Gasteiger charge is -2.28. The minimum absolute atomic E-state index is 0.355. The standard InChI is InChI=1S/C12H16N4OS/c13-9-3-5-16(6-4-9)8-11-14-12(17-15-11)10-2-1-7-18-10/h1-2,7,9H,3-6,8,13H2. The summed E-state index contributed by atoms with van der Waals surface area (Å²) in [5.41, 5.74) is 5.88. The molecule has 0 aliphatic carbocycles. The first-order chi connectivity index (χ1) is 8.81. The first kappa shape index (κ1) is 11.8. The highest BCUT2D eigenvalue weighted by atomic mass is 32.1. The van der Waals surface area contributed by atoms with Gasteiger partial charge in [0, 0.05) is 19.1 Å². The molecule has 3 heterocycles. The fourth-order valence-corrected chi connectivity index (χ4v) is 2.77. The molecule has 1 fully saturated rings. The monoisotopic (exact) mass is 264 g/mol. The smallest absolute Gasteiger partial charge is 0.268 e. The van der Waals surface area contributed by atoms with Crippen LogP contribution in [0.1, 0.15) is 18.7 Å². The number of hydrogen-bond acceptors (Lipinski definition) is 6. The van der Waals surface area contributed by atoms with E-state index in [0.717, 1.165) is 43.2 Å². The van der Waals surface area contributed by atoms with Crippen molar-refractivity contribution >= 4 is 11.3 Å². The molecule has 0 spiro atoms. The maximum absolute atomic E-state index is 5.88. The molecule has 1 saturated heterocycles. The lowest BCUT2D eigenvalue weighted by Crippen LogP contribution is -2.39. The predicted octanol–water partition coefficient (Wildman–Crippen LogP) is 1.72. The summed E-state index contributed by atoms with van der Waals surface area (Å²) in [7, 11) is 0. The Labute approximate surface area is 110 Å². The quantitative estimate of drug-likeness (QED) is 0.914. The molecule has 0 unspecified atom stereocenters. The summed E-state index contributed by atoms with van der Waals surface area (Å²) in [4.78, 5) is 7.77. The van der Waals surface area contributed by atoms with E-state index in [2.05, 4.69) is 15.0 Å². The topological polar surface area (TPSA) is 68.2 Å². The average molecular weight is 264 g/mol. The third kappa shape index (κ3) is 2.60. The van der Waals surface area contributed by atoms with Crippen molar-refractivity contribution in [3.8, 4) is 10.8 Å². The van der Waals surface area contributed by atoms with Crippen molar-refractivity contribution in [2.45, 2.75) is 25.4 Å². The van der Waals surface area contributed by atoms with Gasteiger partial charge in [0.25, 0.3) is 5.89 Å². The van der Waals surface area contributed by atoms with Crippen LogP contribution < -0.4 is 5.73 Å². The maximum Gasteiger partial charge on any atom is 0.268 e. The first-order valence-corrected chi connectivity index (χ1v) is 7.03. The third-order valence-electron chi connectivity index (χ3n) is 3.20. The molecule has 1 aliphatic heterocycles. The van der Waals surface area contributed by atoms with Crippen LogP contribution in [0, 0.1) is 0 Å². The Kier molecular flexibility index (Phi) is 3.40. The van der Waals surface area contributed by atoms with Gasteiger partial charge < -0.3 is 10.3 Å². The Balaban J connectivity index is 1.64. The summed E-state index contributed by atoms with van der Waals surface area (Å²) < 4.78 is 5.27. The van der Waals surface area contributed by atoms with Crippen LogP contribution in [-0.2, 0) is 6.54 Å². The number of rotatable bonds is 3. The van der Waals surface area contributed by atoms with E-state index >= 15 is 0 Å². The van der Waals surface area contributed by atoms with Gasteiger partial charge in [-0.2, -0.15) is 4.98 Å². The number of hydrogen-bond donors (Lipinski definition) is 1. The minimum atomic E-state index is 0.355. The minimum Gasteiger partial charge on any atom is -0.333 e. The van der Waals surface area contributed by atoms with Crippen molar-refractivity contribution in [1.29, 1.82) is 0 Å². The SMILES string of the molecule is NC1CCN(Cc2noc(-c3cccs3)n2)CC1. The van der Waals surface area contributed by atoms with Gasteiger partial charge in [0.05, 0.1) is 11.4 Å². The van der Waals surface area contributed by atoms with Crippen LogP contribution in [0.15, 0.2) is 22.0 Å². The van der Waals surface area contributed by atoms with Crippen LogP contribution in [0.4, 0.5) is 0 Å². The zero-order chi connectivity index (χ0) is 12.4. The highest BCUT2D eigenvalue weighted by Crippen LogP contribution is 2.22. The zero-order valence-corrected chi connectivity index (χ0v) is 10.9. The van der Waals surface area contributed by atoms with Crippen molar-refractivity contribution in [3.63, 3.8) is 0 Å². The molecule has 5 nitrogen and oxygen atoms in total. The van der Waals surface area contributed by atoms with Gasteiger partial charge in [-0.15, -0.1) is 11.3 Å². The molecule has 2 aromatic rings. The molecule has 0 radical (unpaired) electrons. The number of nitrogens with two attached hydrogens (primary N) is 1. The largest absolute Gasteiger partial charge is 0.333 e. The van der Waals surface area contributed by atoms with E-state index in [4.69, 9.17) is 10.3 Å². The van der Waals surface area contributed by atoms with Gasteiger partial charge in [-0.05, 0) is 24.3 Å². The molecule has 2 N–H and O–H groups in total.